The van der Waals surface area contributed by atoms with Crippen LogP contribution < -0.4 is 4.90 Å². The van der Waals surface area contributed by atoms with Gasteiger partial charge < -0.3 is 10.2 Å². The fourth-order valence-electron chi connectivity index (χ4n) is 3.90. The topological polar surface area (TPSA) is 125 Å². The number of carbonyl (C=O) groups is 4. The average Bonchev–Trinajstić information content (AvgIpc) is 3.11. The van der Waals surface area contributed by atoms with Crippen LogP contribution >= 0.6 is 0 Å². The van der Waals surface area contributed by atoms with Crippen LogP contribution in [0, 0.1) is 11.8 Å². The van der Waals surface area contributed by atoms with Crippen molar-refractivity contribution in [3.05, 3.63) is 106 Å². The van der Waals surface area contributed by atoms with E-state index < -0.39 is 23.8 Å². The lowest BCUT2D eigenvalue weighted by Crippen LogP contribution is -2.29. The number of imide groups is 1. The molecule has 0 atom stereocenters. The molecule has 0 saturated carbocycles. The summed E-state index contributed by atoms with van der Waals surface area (Å²) in [4.78, 5) is 53.9. The Morgan fingerprint density at radius 1 is 0.800 bits per heavy atom. The zero-order valence-electron chi connectivity index (χ0n) is 17.9. The minimum atomic E-state index is -1.38. The molecule has 1 aliphatic heterocycles. The number of hydrogen-bond donors (Lipinski definition) is 2. The second kappa shape index (κ2) is 8.24. The number of fused-ring (bicyclic) bond motifs is 2. The van der Waals surface area contributed by atoms with Gasteiger partial charge in [0.15, 0.2) is 0 Å². The van der Waals surface area contributed by atoms with E-state index in [-0.39, 0.29) is 27.9 Å². The number of carboxylic acid groups (broad SMARTS) is 2. The lowest BCUT2D eigenvalue weighted by atomic mass is 10.0. The molecule has 1 aromatic heterocycles. The highest BCUT2D eigenvalue weighted by Gasteiger charge is 2.37. The summed E-state index contributed by atoms with van der Waals surface area (Å²) in [5.41, 5.74) is 0.626. The van der Waals surface area contributed by atoms with Crippen LogP contribution in [0.4, 0.5) is 5.69 Å². The van der Waals surface area contributed by atoms with E-state index in [1.807, 2.05) is 24.3 Å². The highest BCUT2D eigenvalue weighted by molar-refractivity contribution is 6.34. The van der Waals surface area contributed by atoms with Gasteiger partial charge in [0.05, 0.1) is 27.9 Å². The number of rotatable bonds is 3. The third-order valence-electron chi connectivity index (χ3n) is 5.58. The summed E-state index contributed by atoms with van der Waals surface area (Å²) in [6, 6.07) is 15.3. The number of nitrogens with zero attached hydrogens (tertiary/aromatic N) is 2. The number of anilines is 1. The Kier molecular flexibility index (Phi) is 5.08. The van der Waals surface area contributed by atoms with E-state index in [1.54, 1.807) is 18.5 Å². The first kappa shape index (κ1) is 21.6. The van der Waals surface area contributed by atoms with Crippen molar-refractivity contribution >= 4 is 40.2 Å². The number of carboxylic acids is 2. The Hall–Kier alpha value is -5.29. The Bertz CT molecular complexity index is 1620. The molecule has 2 amide bonds. The third kappa shape index (κ3) is 3.77. The summed E-state index contributed by atoms with van der Waals surface area (Å²) in [5.74, 6) is 1.94. The van der Waals surface area contributed by atoms with Gasteiger partial charge in [0, 0.05) is 28.9 Å². The van der Waals surface area contributed by atoms with Crippen molar-refractivity contribution in [2.24, 2.45) is 0 Å². The first-order valence-electron chi connectivity index (χ1n) is 10.3. The molecule has 0 radical (unpaired) electrons. The summed E-state index contributed by atoms with van der Waals surface area (Å²) >= 11 is 0. The summed E-state index contributed by atoms with van der Waals surface area (Å²) in [6.45, 7) is 0. The van der Waals surface area contributed by atoms with Crippen LogP contribution in [0.15, 0.2) is 73.1 Å². The number of aromatic nitrogens is 1. The van der Waals surface area contributed by atoms with Crippen LogP contribution in [0.25, 0.3) is 10.8 Å². The summed E-state index contributed by atoms with van der Waals surface area (Å²) in [7, 11) is 0. The van der Waals surface area contributed by atoms with Crippen LogP contribution in [0.2, 0.25) is 0 Å². The van der Waals surface area contributed by atoms with Gasteiger partial charge in [0.1, 0.15) is 0 Å². The van der Waals surface area contributed by atoms with Crippen molar-refractivity contribution in [3.8, 4) is 11.8 Å². The molecule has 0 saturated heterocycles. The van der Waals surface area contributed by atoms with Crippen molar-refractivity contribution < 1.29 is 29.4 Å². The van der Waals surface area contributed by atoms with Crippen molar-refractivity contribution in [3.63, 3.8) is 0 Å². The standard InChI is InChI=1S/C27H14N2O6/c30-24-21-7-5-15(4-6-16-2-1-3-17-8-9-28-14-23(16)17)10-22(21)25(31)29(24)20-12-18(26(32)33)11-19(13-20)27(34)35/h1-3,5,7-14H,(H,32,33)(H,34,35). The monoisotopic (exact) mass is 462 g/mol. The molecular weight excluding hydrogens is 448 g/mol. The number of pyridine rings is 1. The highest BCUT2D eigenvalue weighted by atomic mass is 16.4. The van der Waals surface area contributed by atoms with E-state index >= 15 is 0 Å². The molecule has 0 bridgehead atoms. The predicted octanol–water partition coefficient (Wildman–Crippen LogP) is 3.83. The SMILES string of the molecule is O=C(O)c1cc(C(=O)O)cc(N2C(=O)c3ccc(C#Cc4cccc5ccncc45)cc3C2=O)c1. The number of amides is 2. The van der Waals surface area contributed by atoms with Gasteiger partial charge in [-0.05, 0) is 53.9 Å². The molecule has 2 heterocycles. The number of carbonyl (C=O) groups excluding carboxylic acids is 2. The van der Waals surface area contributed by atoms with Crippen LogP contribution in [-0.2, 0) is 0 Å². The highest BCUT2D eigenvalue weighted by Crippen LogP contribution is 2.30. The van der Waals surface area contributed by atoms with Gasteiger partial charge in [-0.2, -0.15) is 0 Å². The molecule has 5 rings (SSSR count). The fraction of sp³-hybridized carbons (Fsp3) is 0. The molecule has 3 aromatic carbocycles. The minimum Gasteiger partial charge on any atom is -0.478 e. The maximum Gasteiger partial charge on any atom is 0.335 e. The van der Waals surface area contributed by atoms with Gasteiger partial charge in [0.2, 0.25) is 0 Å². The molecule has 2 N–H and O–H groups in total. The summed E-state index contributed by atoms with van der Waals surface area (Å²) < 4.78 is 0. The van der Waals surface area contributed by atoms with Gasteiger partial charge in [-0.25, -0.2) is 14.5 Å². The smallest absolute Gasteiger partial charge is 0.335 e. The molecule has 168 valence electrons. The average molecular weight is 462 g/mol. The van der Waals surface area contributed by atoms with E-state index in [0.717, 1.165) is 39.4 Å². The first-order chi connectivity index (χ1) is 16.8. The second-order valence-electron chi connectivity index (χ2n) is 7.74. The first-order valence-corrected chi connectivity index (χ1v) is 10.3. The molecule has 0 fully saturated rings. The quantitative estimate of drug-likeness (QED) is 0.350. The predicted molar refractivity (Wildman–Crippen MR) is 126 cm³/mol. The molecule has 0 spiro atoms. The summed E-state index contributed by atoms with van der Waals surface area (Å²) in [5, 5.41) is 20.5. The van der Waals surface area contributed by atoms with Gasteiger partial charge in [-0.15, -0.1) is 0 Å². The van der Waals surface area contributed by atoms with Gasteiger partial charge in [0.25, 0.3) is 11.8 Å². The Balaban J connectivity index is 1.53. The van der Waals surface area contributed by atoms with Crippen LogP contribution in [-0.4, -0.2) is 39.0 Å². The Morgan fingerprint density at radius 3 is 2.23 bits per heavy atom. The molecule has 0 unspecified atom stereocenters. The minimum absolute atomic E-state index is 0.0963. The third-order valence-corrected chi connectivity index (χ3v) is 5.58. The number of benzene rings is 3. The largest absolute Gasteiger partial charge is 0.478 e. The lowest BCUT2D eigenvalue weighted by molar-refractivity contribution is 0.0695. The molecule has 8 nitrogen and oxygen atoms in total. The molecule has 0 aliphatic carbocycles. The molecular formula is C27H14N2O6. The van der Waals surface area contributed by atoms with Crippen LogP contribution in [0.3, 0.4) is 0 Å². The Morgan fingerprint density at radius 2 is 1.51 bits per heavy atom. The van der Waals surface area contributed by atoms with E-state index in [9.17, 15) is 29.4 Å². The van der Waals surface area contributed by atoms with Gasteiger partial charge in [-0.1, -0.05) is 24.0 Å². The van der Waals surface area contributed by atoms with Gasteiger partial charge >= 0.3 is 11.9 Å². The van der Waals surface area contributed by atoms with E-state index in [1.165, 1.54) is 12.1 Å². The van der Waals surface area contributed by atoms with Crippen molar-refractivity contribution in [2.45, 2.75) is 0 Å². The zero-order valence-corrected chi connectivity index (χ0v) is 17.9. The fourth-order valence-corrected chi connectivity index (χ4v) is 3.90. The molecule has 1 aliphatic rings. The zero-order chi connectivity index (χ0) is 24.7. The molecule has 8 heteroatoms. The Labute approximate surface area is 198 Å². The van der Waals surface area contributed by atoms with Crippen molar-refractivity contribution in [1.29, 1.82) is 0 Å². The normalized spacial score (nSPS) is 12.3. The van der Waals surface area contributed by atoms with E-state index in [0.29, 0.717) is 5.56 Å². The van der Waals surface area contributed by atoms with E-state index in [2.05, 4.69) is 16.8 Å². The molecule has 35 heavy (non-hydrogen) atoms. The maximum absolute atomic E-state index is 13.1. The van der Waals surface area contributed by atoms with Crippen molar-refractivity contribution in [2.75, 3.05) is 4.90 Å². The van der Waals surface area contributed by atoms with E-state index in [4.69, 9.17) is 0 Å². The van der Waals surface area contributed by atoms with Crippen molar-refractivity contribution in [1.82, 2.24) is 4.98 Å². The van der Waals surface area contributed by atoms with Crippen LogP contribution in [0.1, 0.15) is 52.6 Å². The van der Waals surface area contributed by atoms with Gasteiger partial charge in [-0.3, -0.25) is 14.6 Å². The molecule has 4 aromatic rings. The number of hydrogen-bond acceptors (Lipinski definition) is 5. The summed E-state index contributed by atoms with van der Waals surface area (Å²) in [6.07, 6.45) is 3.42. The second-order valence-corrected chi connectivity index (χ2v) is 7.74. The number of aromatic carboxylic acids is 2. The lowest BCUT2D eigenvalue weighted by Gasteiger charge is -2.15. The van der Waals surface area contributed by atoms with Crippen LogP contribution in [0.5, 0.6) is 0 Å². The maximum atomic E-state index is 13.1.